The fourth-order valence-corrected chi connectivity index (χ4v) is 4.46. The first-order valence-electron chi connectivity index (χ1n) is 6.40. The number of hydrogen-bond acceptors (Lipinski definition) is 5. The van der Waals surface area contributed by atoms with Crippen molar-refractivity contribution in [3.05, 3.63) is 45.9 Å². The van der Waals surface area contributed by atoms with E-state index in [1.165, 1.54) is 17.4 Å². The van der Waals surface area contributed by atoms with Crippen molar-refractivity contribution in [3.63, 3.8) is 0 Å². The number of aliphatic hydroxyl groups is 1. The number of hydrogen-bond donors (Lipinski definition) is 2. The zero-order valence-corrected chi connectivity index (χ0v) is 13.8. The molecule has 1 aromatic carbocycles. The average Bonchev–Trinajstić information content (AvgIpc) is 2.92. The number of thiazole rings is 1. The Morgan fingerprint density at radius 3 is 2.67 bits per heavy atom. The smallest absolute Gasteiger partial charge is 0.241 e. The van der Waals surface area contributed by atoms with E-state index in [4.69, 9.17) is 0 Å². The van der Waals surface area contributed by atoms with Gasteiger partial charge in [-0.2, -0.15) is 4.72 Å². The standard InChI is InChI=1S/C14H18N2O3S2/c1-10-4-5-11(9-17)8-12(10)21(18,19)16-14(2,3)13-15-6-7-20-13/h4-8,16-17H,9H2,1-3H3. The van der Waals surface area contributed by atoms with Gasteiger partial charge in [-0.25, -0.2) is 13.4 Å². The monoisotopic (exact) mass is 326 g/mol. The number of aromatic nitrogens is 1. The predicted octanol–water partition coefficient (Wildman–Crippen LogP) is 2.16. The molecule has 0 spiro atoms. The number of benzene rings is 1. The maximum Gasteiger partial charge on any atom is 0.241 e. The highest BCUT2D eigenvalue weighted by atomic mass is 32.2. The molecule has 1 heterocycles. The molecular weight excluding hydrogens is 308 g/mol. The summed E-state index contributed by atoms with van der Waals surface area (Å²) < 4.78 is 27.9. The third-order valence-corrected chi connectivity index (χ3v) is 5.98. The number of sulfonamides is 1. The summed E-state index contributed by atoms with van der Waals surface area (Å²) in [5.74, 6) is 0. The third kappa shape index (κ3) is 3.49. The number of rotatable bonds is 5. The number of nitrogens with zero attached hydrogens (tertiary/aromatic N) is 1. The molecule has 0 aliphatic heterocycles. The molecule has 2 rings (SSSR count). The molecule has 2 N–H and O–H groups in total. The van der Waals surface area contributed by atoms with Gasteiger partial charge in [0.05, 0.1) is 17.0 Å². The van der Waals surface area contributed by atoms with Crippen molar-refractivity contribution in [1.82, 2.24) is 9.71 Å². The van der Waals surface area contributed by atoms with Gasteiger partial charge in [0, 0.05) is 11.6 Å². The summed E-state index contributed by atoms with van der Waals surface area (Å²) in [7, 11) is -3.70. The van der Waals surface area contributed by atoms with Crippen LogP contribution in [-0.4, -0.2) is 18.5 Å². The summed E-state index contributed by atoms with van der Waals surface area (Å²) >= 11 is 1.40. The normalized spacial score (nSPS) is 12.6. The number of aliphatic hydroxyl groups excluding tert-OH is 1. The minimum atomic E-state index is -3.70. The fraction of sp³-hybridized carbons (Fsp3) is 0.357. The molecule has 0 bridgehead atoms. The van der Waals surface area contributed by atoms with Crippen LogP contribution in [0.5, 0.6) is 0 Å². The highest BCUT2D eigenvalue weighted by Crippen LogP contribution is 2.26. The molecule has 0 unspecified atom stereocenters. The first-order valence-corrected chi connectivity index (χ1v) is 8.77. The highest BCUT2D eigenvalue weighted by molar-refractivity contribution is 7.89. The molecule has 0 aliphatic carbocycles. The Hall–Kier alpha value is -1.28. The van der Waals surface area contributed by atoms with Crippen molar-refractivity contribution in [2.24, 2.45) is 0 Å². The largest absolute Gasteiger partial charge is 0.392 e. The lowest BCUT2D eigenvalue weighted by Gasteiger charge is -2.24. The first kappa shape index (κ1) is 16.1. The number of nitrogens with one attached hydrogen (secondary N) is 1. The second-order valence-electron chi connectivity index (χ2n) is 5.33. The Kier molecular flexibility index (Phi) is 4.48. The zero-order valence-electron chi connectivity index (χ0n) is 12.1. The lowest BCUT2D eigenvalue weighted by Crippen LogP contribution is -2.41. The van der Waals surface area contributed by atoms with Gasteiger partial charge in [-0.05, 0) is 38.0 Å². The SMILES string of the molecule is Cc1ccc(CO)cc1S(=O)(=O)NC(C)(C)c1nccs1. The Labute approximate surface area is 128 Å². The van der Waals surface area contributed by atoms with Gasteiger partial charge in [-0.15, -0.1) is 11.3 Å². The van der Waals surface area contributed by atoms with Crippen molar-refractivity contribution in [1.29, 1.82) is 0 Å². The third-order valence-electron chi connectivity index (χ3n) is 3.08. The number of aryl methyl sites for hydroxylation is 1. The zero-order chi connectivity index (χ0) is 15.7. The summed E-state index contributed by atoms with van der Waals surface area (Å²) in [4.78, 5) is 4.35. The van der Waals surface area contributed by atoms with Gasteiger partial charge in [-0.1, -0.05) is 12.1 Å². The molecule has 0 amide bonds. The average molecular weight is 326 g/mol. The molecular formula is C14H18N2O3S2. The molecule has 0 aliphatic rings. The van der Waals surface area contributed by atoms with Crippen LogP contribution in [0.1, 0.15) is 30.0 Å². The van der Waals surface area contributed by atoms with Gasteiger partial charge in [0.25, 0.3) is 0 Å². The second-order valence-corrected chi connectivity index (χ2v) is 7.87. The molecule has 5 nitrogen and oxygen atoms in total. The van der Waals surface area contributed by atoms with E-state index in [2.05, 4.69) is 9.71 Å². The van der Waals surface area contributed by atoms with Gasteiger partial charge in [0.1, 0.15) is 5.01 Å². The maximum atomic E-state index is 12.6. The Morgan fingerprint density at radius 2 is 2.10 bits per heavy atom. The Bertz CT molecular complexity index is 723. The second kappa shape index (κ2) is 5.84. The Morgan fingerprint density at radius 1 is 1.38 bits per heavy atom. The van der Waals surface area contributed by atoms with Gasteiger partial charge in [0.15, 0.2) is 0 Å². The van der Waals surface area contributed by atoms with Crippen LogP contribution < -0.4 is 4.72 Å². The minimum absolute atomic E-state index is 0.179. The van der Waals surface area contributed by atoms with Crippen LogP contribution in [0.15, 0.2) is 34.7 Å². The maximum absolute atomic E-state index is 12.6. The van der Waals surface area contributed by atoms with Crippen LogP contribution in [0, 0.1) is 6.92 Å². The van der Waals surface area contributed by atoms with E-state index in [0.717, 1.165) is 0 Å². The van der Waals surface area contributed by atoms with Crippen LogP contribution >= 0.6 is 11.3 Å². The molecule has 0 saturated carbocycles. The van der Waals surface area contributed by atoms with E-state index in [-0.39, 0.29) is 11.5 Å². The molecule has 2 aromatic rings. The van der Waals surface area contributed by atoms with E-state index < -0.39 is 15.6 Å². The van der Waals surface area contributed by atoms with Crippen LogP contribution in [-0.2, 0) is 22.2 Å². The lowest BCUT2D eigenvalue weighted by atomic mass is 10.1. The molecule has 114 valence electrons. The molecule has 0 atom stereocenters. The van der Waals surface area contributed by atoms with Gasteiger partial charge >= 0.3 is 0 Å². The molecule has 21 heavy (non-hydrogen) atoms. The van der Waals surface area contributed by atoms with Crippen LogP contribution in [0.3, 0.4) is 0 Å². The molecule has 0 radical (unpaired) electrons. The minimum Gasteiger partial charge on any atom is -0.392 e. The van der Waals surface area contributed by atoms with Gasteiger partial charge < -0.3 is 5.11 Å². The van der Waals surface area contributed by atoms with E-state index in [1.807, 2.05) is 5.38 Å². The quantitative estimate of drug-likeness (QED) is 0.882. The molecule has 0 fully saturated rings. The van der Waals surface area contributed by atoms with Crippen LogP contribution in [0.25, 0.3) is 0 Å². The molecule has 1 aromatic heterocycles. The van der Waals surface area contributed by atoms with Gasteiger partial charge in [-0.3, -0.25) is 0 Å². The highest BCUT2D eigenvalue weighted by Gasteiger charge is 2.30. The van der Waals surface area contributed by atoms with Crippen molar-refractivity contribution >= 4 is 21.4 Å². The Balaban J connectivity index is 2.39. The molecule has 0 saturated heterocycles. The topological polar surface area (TPSA) is 79.3 Å². The van der Waals surface area contributed by atoms with Gasteiger partial charge in [0.2, 0.25) is 10.0 Å². The van der Waals surface area contributed by atoms with Crippen molar-refractivity contribution in [2.75, 3.05) is 0 Å². The summed E-state index contributed by atoms with van der Waals surface area (Å²) in [5.41, 5.74) is 0.400. The van der Waals surface area contributed by atoms with E-state index in [9.17, 15) is 13.5 Å². The predicted molar refractivity (Wildman–Crippen MR) is 82.6 cm³/mol. The van der Waals surface area contributed by atoms with E-state index >= 15 is 0 Å². The van der Waals surface area contributed by atoms with E-state index in [1.54, 1.807) is 39.1 Å². The summed E-state index contributed by atoms with van der Waals surface area (Å²) in [6.07, 6.45) is 1.65. The van der Waals surface area contributed by atoms with Crippen molar-refractivity contribution in [3.8, 4) is 0 Å². The summed E-state index contributed by atoms with van der Waals surface area (Å²) in [6.45, 7) is 5.08. The fourth-order valence-electron chi connectivity index (χ4n) is 2.00. The van der Waals surface area contributed by atoms with Crippen molar-refractivity contribution < 1.29 is 13.5 Å². The first-order chi connectivity index (χ1) is 9.76. The molecule has 7 heteroatoms. The summed E-state index contributed by atoms with van der Waals surface area (Å²) in [5, 5.41) is 11.7. The van der Waals surface area contributed by atoms with Crippen LogP contribution in [0.4, 0.5) is 0 Å². The van der Waals surface area contributed by atoms with Crippen molar-refractivity contribution in [2.45, 2.75) is 37.8 Å². The van der Waals surface area contributed by atoms with Crippen LogP contribution in [0.2, 0.25) is 0 Å². The summed E-state index contributed by atoms with van der Waals surface area (Å²) in [6, 6.07) is 4.90. The van der Waals surface area contributed by atoms with E-state index in [0.29, 0.717) is 16.1 Å². The lowest BCUT2D eigenvalue weighted by molar-refractivity contribution is 0.281.